The number of azo groups is 2. The second-order valence-corrected chi connectivity index (χ2v) is 22.7. The van der Waals surface area contributed by atoms with E-state index in [1.165, 1.54) is 62.4 Å². The number of fused-ring (bicyclic) bond motifs is 2. The SMILES string of the molecule is Cc1cc2cc(S(=O)(=O)O)cc(Nc3nc(NCCO)nc(Nc4ccc(Nc5nc(NCCO)nc(Nc6cc(S(=O)(=O)O)cc7cc(C)c(N=Nc8cc(COO)cc(COO)c8)c(O)c67)n5)c(C(=O)O)c4)n3)c2c(O)c1N=Nc1cc(COO)cc(COO)c1. The third-order valence-corrected chi connectivity index (χ3v) is 14.8. The monoisotopic (exact) mass is 1320 g/mol. The molecule has 486 valence electrons. The highest BCUT2D eigenvalue weighted by atomic mass is 32.2. The van der Waals surface area contributed by atoms with E-state index >= 15 is 0 Å². The van der Waals surface area contributed by atoms with Gasteiger partial charge in [0, 0.05) is 29.5 Å². The molecule has 0 unspecified atom stereocenters. The van der Waals surface area contributed by atoms with Crippen LogP contribution in [0.3, 0.4) is 0 Å². The van der Waals surface area contributed by atoms with Crippen LogP contribution in [0.4, 0.5) is 81.2 Å². The van der Waals surface area contributed by atoms with Crippen molar-refractivity contribution in [2.24, 2.45) is 20.5 Å². The number of aliphatic hydroxyl groups is 2. The molecule has 0 radical (unpaired) electrons. The number of hydrogen-bond acceptors (Lipinski definition) is 33. The predicted molar refractivity (Wildman–Crippen MR) is 329 cm³/mol. The van der Waals surface area contributed by atoms with Crippen molar-refractivity contribution in [2.75, 3.05) is 58.2 Å². The van der Waals surface area contributed by atoms with Gasteiger partial charge >= 0.3 is 5.97 Å². The Bertz CT molecular complexity index is 4580. The molecule has 0 aliphatic carbocycles. The number of carboxylic acid groups (broad SMARTS) is 1. The third kappa shape index (κ3) is 16.6. The fraction of sp³-hybridized carbons (Fsp3) is 0.182. The lowest BCUT2D eigenvalue weighted by Gasteiger charge is -2.16. The molecule has 17 N–H and O–H groups in total. The van der Waals surface area contributed by atoms with E-state index in [1.807, 2.05) is 0 Å². The molecule has 38 heteroatoms. The zero-order valence-electron chi connectivity index (χ0n) is 48.2. The van der Waals surface area contributed by atoms with Crippen molar-refractivity contribution in [2.45, 2.75) is 50.1 Å². The molecule has 7 aromatic carbocycles. The van der Waals surface area contributed by atoms with Crippen molar-refractivity contribution < 1.29 is 96.8 Å². The predicted octanol–water partition coefficient (Wildman–Crippen LogP) is 9.15. The first-order chi connectivity index (χ1) is 44.5. The quantitative estimate of drug-likeness (QED) is 0.00898. The van der Waals surface area contributed by atoms with E-state index in [0.717, 1.165) is 30.3 Å². The number of aromatic carboxylic acids is 1. The topological polar surface area (TPSA) is 544 Å². The molecule has 0 bridgehead atoms. The minimum Gasteiger partial charge on any atom is -0.505 e. The van der Waals surface area contributed by atoms with Crippen molar-refractivity contribution in [1.29, 1.82) is 0 Å². The molecule has 0 saturated heterocycles. The van der Waals surface area contributed by atoms with E-state index in [4.69, 9.17) is 21.0 Å². The van der Waals surface area contributed by atoms with E-state index in [2.05, 4.69) is 102 Å². The summed E-state index contributed by atoms with van der Waals surface area (Å²) in [6.45, 7) is 0.958. The Morgan fingerprint density at radius 2 is 0.839 bits per heavy atom. The van der Waals surface area contributed by atoms with Crippen molar-refractivity contribution in [1.82, 2.24) is 29.9 Å². The first kappa shape index (κ1) is 67.0. The maximum atomic E-state index is 13.0. The van der Waals surface area contributed by atoms with Gasteiger partial charge in [0.2, 0.25) is 35.7 Å². The number of phenols is 2. The van der Waals surface area contributed by atoms with E-state index in [0.29, 0.717) is 22.3 Å². The molecule has 0 atom stereocenters. The summed E-state index contributed by atoms with van der Waals surface area (Å²) in [4.78, 5) is 54.8. The van der Waals surface area contributed by atoms with Crippen LogP contribution in [0.15, 0.2) is 121 Å². The van der Waals surface area contributed by atoms with Crippen LogP contribution in [0, 0.1) is 13.8 Å². The molecule has 93 heavy (non-hydrogen) atoms. The van der Waals surface area contributed by atoms with Gasteiger partial charge in [-0.05, 0) is 137 Å². The van der Waals surface area contributed by atoms with Gasteiger partial charge in [0.25, 0.3) is 20.2 Å². The number of carbonyl (C=O) groups is 1. The number of hydrogen-bond donors (Lipinski definition) is 17. The Kier molecular flexibility index (Phi) is 21.1. The smallest absolute Gasteiger partial charge is 0.337 e. The number of anilines is 10. The zero-order chi connectivity index (χ0) is 66.7. The first-order valence-electron chi connectivity index (χ1n) is 26.8. The molecular formula is C55H54N16O20S2. The lowest BCUT2D eigenvalue weighted by molar-refractivity contribution is -0.254. The number of nitrogens with one attached hydrogen (secondary N) is 6. The Morgan fingerprint density at radius 3 is 1.19 bits per heavy atom. The molecule has 36 nitrogen and oxygen atoms in total. The number of rotatable bonds is 29. The van der Waals surface area contributed by atoms with Gasteiger partial charge in [-0.2, -0.15) is 57.0 Å². The summed E-state index contributed by atoms with van der Waals surface area (Å²) in [6.07, 6.45) is 0. The molecule has 0 aliphatic heterocycles. The fourth-order valence-corrected chi connectivity index (χ4v) is 10.4. The summed E-state index contributed by atoms with van der Waals surface area (Å²) < 4.78 is 71.1. The van der Waals surface area contributed by atoms with Crippen LogP contribution in [0.5, 0.6) is 11.5 Å². The number of phenolic OH excluding ortho intramolecular Hbond substituents is 2. The standard InChI is InChI=1S/C55H54N16O20S2/c1-26-9-32-17-37(92(82,83)84)20-41(43(32)47(74)45(26)70-68-35-13-28(22-88-78)11-29(14-35)23-89-79)60-54-64-50(56-5-7-72)62-52(66-54)58-34-3-4-40(39(19-34)49(76)77)59-53-63-51(57-6-8-73)65-55(67-53)61-42-21-38(93(85,86)87)18-33-10-27(2)46(48(75)44(33)42)71-69-36-15-30(24-90-80)12-31(16-36)25-91-81/h3-4,9-21,72-75,78-81H,5-8,22-25H2,1-2H3,(H,76,77)(H,82,83,84)(H,85,86,87)(H3,56,58,60,62,64,66)(H3,57,59,61,63,65,67). The lowest BCUT2D eigenvalue weighted by Crippen LogP contribution is -2.13. The number of carboxylic acids is 1. The highest BCUT2D eigenvalue weighted by Crippen LogP contribution is 2.46. The van der Waals surface area contributed by atoms with Gasteiger partial charge in [-0.3, -0.25) is 30.1 Å². The van der Waals surface area contributed by atoms with Crippen molar-refractivity contribution in [3.63, 3.8) is 0 Å². The van der Waals surface area contributed by atoms with Crippen molar-refractivity contribution in [3.05, 3.63) is 130 Å². The second-order valence-electron chi connectivity index (χ2n) is 19.9. The van der Waals surface area contributed by atoms with Gasteiger partial charge in [0.05, 0.1) is 57.0 Å². The van der Waals surface area contributed by atoms with Crippen LogP contribution in [0.1, 0.15) is 43.7 Å². The first-order valence-corrected chi connectivity index (χ1v) is 29.7. The Hall–Kier alpha value is -10.4. The van der Waals surface area contributed by atoms with E-state index in [1.54, 1.807) is 12.1 Å². The molecule has 0 aliphatic rings. The summed E-state index contributed by atoms with van der Waals surface area (Å²) in [7, 11) is -9.85. The van der Waals surface area contributed by atoms with E-state index < -0.39 is 66.3 Å². The number of aromatic nitrogens is 6. The fourth-order valence-electron chi connectivity index (χ4n) is 9.31. The molecule has 0 amide bonds. The normalized spacial score (nSPS) is 11.9. The summed E-state index contributed by atoms with van der Waals surface area (Å²) in [5, 5.41) is 124. The Labute approximate surface area is 523 Å². The maximum absolute atomic E-state index is 13.0. The van der Waals surface area contributed by atoms with E-state index in [9.17, 15) is 56.3 Å². The van der Waals surface area contributed by atoms with Gasteiger partial charge in [-0.25, -0.2) is 24.3 Å². The van der Waals surface area contributed by atoms with E-state index in [-0.39, 0.29) is 153 Å². The van der Waals surface area contributed by atoms with Gasteiger partial charge < -0.3 is 57.4 Å². The average Bonchev–Trinajstić information content (AvgIpc) is 0.770. The average molecular weight is 1320 g/mol. The molecule has 0 spiro atoms. The largest absolute Gasteiger partial charge is 0.505 e. The molecule has 9 rings (SSSR count). The number of aliphatic hydroxyl groups excluding tert-OH is 2. The van der Waals surface area contributed by atoms with Crippen molar-refractivity contribution >= 4 is 129 Å². The number of aromatic hydroxyl groups is 2. The number of aryl methyl sites for hydroxylation is 2. The van der Waals surface area contributed by atoms with Gasteiger partial charge in [0.1, 0.15) is 37.8 Å². The molecular weight excluding hydrogens is 1270 g/mol. The minimum absolute atomic E-state index is 0.0318. The maximum Gasteiger partial charge on any atom is 0.337 e. The molecule has 2 heterocycles. The highest BCUT2D eigenvalue weighted by molar-refractivity contribution is 7.86. The van der Waals surface area contributed by atoms with Gasteiger partial charge in [-0.15, -0.1) is 10.2 Å². The molecule has 0 saturated carbocycles. The van der Waals surface area contributed by atoms with Crippen LogP contribution >= 0.6 is 0 Å². The Morgan fingerprint density at radius 1 is 0.473 bits per heavy atom. The summed E-state index contributed by atoms with van der Waals surface area (Å²) in [5.41, 5.74) is 1.36. The summed E-state index contributed by atoms with van der Waals surface area (Å²) in [5.74, 6) is -4.36. The summed E-state index contributed by atoms with van der Waals surface area (Å²) >= 11 is 0. The van der Waals surface area contributed by atoms with Gasteiger partial charge in [-0.1, -0.05) is 12.1 Å². The zero-order valence-corrected chi connectivity index (χ0v) is 49.8. The second kappa shape index (κ2) is 29.2. The summed E-state index contributed by atoms with van der Waals surface area (Å²) in [6, 6.07) is 19.9. The molecule has 0 fully saturated rings. The molecule has 9 aromatic rings. The lowest BCUT2D eigenvalue weighted by atomic mass is 10.0. The van der Waals surface area contributed by atoms with Crippen LogP contribution in [0.25, 0.3) is 21.5 Å². The van der Waals surface area contributed by atoms with Crippen LogP contribution in [0.2, 0.25) is 0 Å². The van der Waals surface area contributed by atoms with Crippen LogP contribution < -0.4 is 31.9 Å². The highest BCUT2D eigenvalue weighted by Gasteiger charge is 2.24. The Balaban J connectivity index is 1.05. The van der Waals surface area contributed by atoms with Crippen molar-refractivity contribution in [3.8, 4) is 11.5 Å². The van der Waals surface area contributed by atoms with Gasteiger partial charge in [0.15, 0.2) is 11.5 Å². The van der Waals surface area contributed by atoms with Crippen LogP contribution in [-0.2, 0) is 66.2 Å². The number of benzene rings is 7. The number of nitrogens with zero attached hydrogens (tertiary/aromatic N) is 10. The molecule has 2 aromatic heterocycles. The van der Waals surface area contributed by atoms with Crippen LogP contribution in [-0.4, -0.2) is 135 Å². The minimum atomic E-state index is -4.93. The third-order valence-electron chi connectivity index (χ3n) is 13.1.